The van der Waals surface area contributed by atoms with Gasteiger partial charge >= 0.3 is 0 Å². The predicted octanol–water partition coefficient (Wildman–Crippen LogP) is 2.20. The van der Waals surface area contributed by atoms with Crippen molar-refractivity contribution in [2.24, 2.45) is 0 Å². The lowest BCUT2D eigenvalue weighted by molar-refractivity contribution is -0.120. The maximum atomic E-state index is 11.9. The summed E-state index contributed by atoms with van der Waals surface area (Å²) < 4.78 is 0. The zero-order chi connectivity index (χ0) is 16.1. The Kier molecular flexibility index (Phi) is 5.04. The van der Waals surface area contributed by atoms with E-state index in [0.717, 1.165) is 11.2 Å². The van der Waals surface area contributed by atoms with Crippen molar-refractivity contribution in [1.29, 1.82) is 0 Å². The number of aromatic amines is 1. The van der Waals surface area contributed by atoms with Gasteiger partial charge in [0.2, 0.25) is 11.2 Å². The molecule has 9 heteroatoms. The zero-order valence-electron chi connectivity index (χ0n) is 12.0. The van der Waals surface area contributed by atoms with Gasteiger partial charge in [0, 0.05) is 18.4 Å². The van der Waals surface area contributed by atoms with Crippen molar-refractivity contribution in [3.05, 3.63) is 41.7 Å². The number of rotatable bonds is 6. The van der Waals surface area contributed by atoms with E-state index < -0.39 is 0 Å². The average molecular weight is 349 g/mol. The molecule has 23 heavy (non-hydrogen) atoms. The van der Waals surface area contributed by atoms with E-state index in [1.807, 2.05) is 18.2 Å². The van der Waals surface area contributed by atoms with E-state index in [2.05, 4.69) is 30.2 Å². The maximum absolute atomic E-state index is 11.9. The van der Waals surface area contributed by atoms with Crippen LogP contribution in [-0.4, -0.2) is 36.6 Å². The van der Waals surface area contributed by atoms with Crippen LogP contribution < -0.4 is 5.32 Å². The second-order valence-corrected chi connectivity index (χ2v) is 6.02. The monoisotopic (exact) mass is 348 g/mol. The second kappa shape index (κ2) is 7.38. The number of pyridine rings is 1. The van der Waals surface area contributed by atoms with Gasteiger partial charge in [0.1, 0.15) is 10.5 Å². The minimum atomic E-state index is -0.0378. The third kappa shape index (κ3) is 4.17. The van der Waals surface area contributed by atoms with E-state index in [0.29, 0.717) is 29.4 Å². The first-order valence-electron chi connectivity index (χ1n) is 6.88. The van der Waals surface area contributed by atoms with E-state index in [4.69, 9.17) is 11.6 Å². The van der Waals surface area contributed by atoms with Crippen molar-refractivity contribution in [2.45, 2.75) is 18.0 Å². The van der Waals surface area contributed by atoms with Gasteiger partial charge in [0.25, 0.3) is 0 Å². The Morgan fingerprint density at radius 1 is 1.30 bits per heavy atom. The molecule has 1 amide bonds. The Labute approximate surface area is 141 Å². The van der Waals surface area contributed by atoms with Gasteiger partial charge in [-0.25, -0.2) is 9.97 Å². The third-order valence-corrected chi connectivity index (χ3v) is 4.13. The number of hydrogen-bond acceptors (Lipinski definition) is 6. The largest absolute Gasteiger partial charge is 0.350 e. The predicted molar refractivity (Wildman–Crippen MR) is 88.1 cm³/mol. The van der Waals surface area contributed by atoms with Gasteiger partial charge in [0.05, 0.1) is 18.6 Å². The van der Waals surface area contributed by atoms with E-state index in [1.54, 1.807) is 12.5 Å². The molecule has 118 valence electrons. The fraction of sp³-hybridized carbons (Fsp3) is 0.214. The summed E-state index contributed by atoms with van der Waals surface area (Å²) >= 11 is 7.30. The Morgan fingerprint density at radius 3 is 3.04 bits per heavy atom. The van der Waals surface area contributed by atoms with Gasteiger partial charge in [-0.3, -0.25) is 9.78 Å². The molecule has 3 heterocycles. The first kappa shape index (κ1) is 15.7. The number of nitrogens with zero attached hydrogens (tertiary/aromatic N) is 4. The van der Waals surface area contributed by atoms with Crippen LogP contribution in [0, 0.1) is 0 Å². The minimum Gasteiger partial charge on any atom is -0.350 e. The normalized spacial score (nSPS) is 10.8. The highest BCUT2D eigenvalue weighted by Crippen LogP contribution is 2.24. The van der Waals surface area contributed by atoms with Crippen LogP contribution in [0.15, 0.2) is 35.7 Å². The number of fused-ring (bicyclic) bond motifs is 1. The number of nitrogens with one attached hydrogen (secondary N) is 2. The SMILES string of the molecule is O=C(CCSc1nc(Cl)nc2nc[nH]c12)NCc1ccccn1. The van der Waals surface area contributed by atoms with Crippen LogP contribution in [0.2, 0.25) is 5.28 Å². The molecule has 0 aromatic carbocycles. The molecule has 0 aliphatic heterocycles. The summed E-state index contributed by atoms with van der Waals surface area (Å²) in [6, 6.07) is 5.59. The van der Waals surface area contributed by atoms with Gasteiger partial charge in [-0.2, -0.15) is 4.98 Å². The topological polar surface area (TPSA) is 96.5 Å². The lowest BCUT2D eigenvalue weighted by Crippen LogP contribution is -2.23. The molecule has 0 saturated carbocycles. The fourth-order valence-electron chi connectivity index (χ4n) is 1.91. The van der Waals surface area contributed by atoms with Crippen LogP contribution in [-0.2, 0) is 11.3 Å². The van der Waals surface area contributed by atoms with E-state index in [9.17, 15) is 4.79 Å². The Balaban J connectivity index is 1.50. The molecule has 3 rings (SSSR count). The number of H-pyrrole nitrogens is 1. The molecule has 3 aromatic heterocycles. The number of hydrogen-bond donors (Lipinski definition) is 2. The van der Waals surface area contributed by atoms with Crippen LogP contribution in [0.4, 0.5) is 0 Å². The van der Waals surface area contributed by atoms with Crippen LogP contribution in [0.5, 0.6) is 0 Å². The summed E-state index contributed by atoms with van der Waals surface area (Å²) in [7, 11) is 0. The fourth-order valence-corrected chi connectivity index (χ4v) is 3.05. The van der Waals surface area contributed by atoms with Gasteiger partial charge in [-0.05, 0) is 23.7 Å². The molecule has 0 spiro atoms. The van der Waals surface area contributed by atoms with Gasteiger partial charge in [0.15, 0.2) is 5.65 Å². The molecule has 0 unspecified atom stereocenters. The number of imidazole rings is 1. The highest BCUT2D eigenvalue weighted by atomic mass is 35.5. The van der Waals surface area contributed by atoms with E-state index >= 15 is 0 Å². The molecule has 0 atom stereocenters. The first-order valence-corrected chi connectivity index (χ1v) is 8.25. The van der Waals surface area contributed by atoms with Crippen LogP contribution in [0.1, 0.15) is 12.1 Å². The molecular weight excluding hydrogens is 336 g/mol. The van der Waals surface area contributed by atoms with Gasteiger partial charge in [-0.1, -0.05) is 6.07 Å². The van der Waals surface area contributed by atoms with Crippen LogP contribution in [0.25, 0.3) is 11.2 Å². The van der Waals surface area contributed by atoms with Crippen LogP contribution >= 0.6 is 23.4 Å². The number of carbonyl (C=O) groups excluding carboxylic acids is 1. The summed E-state index contributed by atoms with van der Waals surface area (Å²) in [5.41, 5.74) is 2.08. The Hall–Kier alpha value is -2.19. The van der Waals surface area contributed by atoms with Gasteiger partial charge < -0.3 is 10.3 Å². The quantitative estimate of drug-likeness (QED) is 0.403. The summed E-state index contributed by atoms with van der Waals surface area (Å²) in [4.78, 5) is 31.2. The standard InChI is InChI=1S/C14H13ClN6OS/c15-14-20-12-11(18-8-19-12)13(21-14)23-6-4-10(22)17-7-9-3-1-2-5-16-9/h1-3,5,8H,4,6-7H2,(H,17,22)(H,18,19,20,21). The minimum absolute atomic E-state index is 0.0378. The Morgan fingerprint density at radius 2 is 2.22 bits per heavy atom. The van der Waals surface area contributed by atoms with Crippen molar-refractivity contribution in [3.63, 3.8) is 0 Å². The first-order chi connectivity index (χ1) is 11.2. The van der Waals surface area contributed by atoms with Crippen molar-refractivity contribution in [2.75, 3.05) is 5.75 Å². The molecule has 0 bridgehead atoms. The summed E-state index contributed by atoms with van der Waals surface area (Å²) in [5, 5.41) is 3.67. The number of aromatic nitrogens is 5. The average Bonchev–Trinajstić information content (AvgIpc) is 3.02. The van der Waals surface area contributed by atoms with Crippen LogP contribution in [0.3, 0.4) is 0 Å². The molecule has 2 N–H and O–H groups in total. The van der Waals surface area contributed by atoms with Crippen molar-refractivity contribution in [1.82, 2.24) is 30.2 Å². The zero-order valence-corrected chi connectivity index (χ0v) is 13.6. The molecule has 0 aliphatic rings. The van der Waals surface area contributed by atoms with Crippen molar-refractivity contribution < 1.29 is 4.79 Å². The molecular formula is C14H13ClN6OS. The number of thioether (sulfide) groups is 1. The number of halogens is 1. The van der Waals surface area contributed by atoms with E-state index in [-0.39, 0.29) is 11.2 Å². The third-order valence-electron chi connectivity index (χ3n) is 2.99. The number of amides is 1. The molecule has 0 aliphatic carbocycles. The van der Waals surface area contributed by atoms with E-state index in [1.165, 1.54) is 11.8 Å². The Bertz CT molecular complexity index is 809. The molecule has 3 aromatic rings. The number of carbonyl (C=O) groups is 1. The molecule has 7 nitrogen and oxygen atoms in total. The molecule has 0 radical (unpaired) electrons. The summed E-state index contributed by atoms with van der Waals surface area (Å²) in [6.07, 6.45) is 3.61. The van der Waals surface area contributed by atoms with Crippen molar-refractivity contribution >= 4 is 40.4 Å². The van der Waals surface area contributed by atoms with Crippen molar-refractivity contribution in [3.8, 4) is 0 Å². The molecule has 0 fully saturated rings. The highest BCUT2D eigenvalue weighted by Gasteiger charge is 2.10. The lowest BCUT2D eigenvalue weighted by atomic mass is 10.3. The van der Waals surface area contributed by atoms with Gasteiger partial charge in [-0.15, -0.1) is 11.8 Å². The maximum Gasteiger partial charge on any atom is 0.225 e. The lowest BCUT2D eigenvalue weighted by Gasteiger charge is -2.05. The molecule has 0 saturated heterocycles. The summed E-state index contributed by atoms with van der Waals surface area (Å²) in [5.74, 6) is 0.541. The smallest absolute Gasteiger partial charge is 0.225 e. The summed E-state index contributed by atoms with van der Waals surface area (Å²) in [6.45, 7) is 0.425. The second-order valence-electron chi connectivity index (χ2n) is 4.60. The highest BCUT2D eigenvalue weighted by molar-refractivity contribution is 7.99.